The Morgan fingerprint density at radius 3 is 2.48 bits per heavy atom. The van der Waals surface area contributed by atoms with E-state index in [1.807, 2.05) is 32.2 Å². The highest BCUT2D eigenvalue weighted by Crippen LogP contribution is 2.31. The lowest BCUT2D eigenvalue weighted by Crippen LogP contribution is -2.49. The van der Waals surface area contributed by atoms with E-state index >= 15 is 0 Å². The molecule has 1 aliphatic rings. The molecule has 0 fully saturated rings. The van der Waals surface area contributed by atoms with Crippen LogP contribution in [0.15, 0.2) is 77.7 Å². The Kier molecular flexibility index (Phi) is 9.34. The van der Waals surface area contributed by atoms with E-state index in [1.165, 1.54) is 30.9 Å². The molecule has 40 heavy (non-hydrogen) atoms. The summed E-state index contributed by atoms with van der Waals surface area (Å²) in [5.74, 6) is 0.554. The zero-order chi connectivity index (χ0) is 28.9. The molecule has 0 aromatic heterocycles. The number of rotatable bonds is 10. The maximum Gasteiger partial charge on any atom is 0.261 e. The molecule has 0 radical (unpaired) electrons. The fraction of sp³-hybridized carbons (Fsp3) is 0.367. The van der Waals surface area contributed by atoms with Gasteiger partial charge in [-0.05, 0) is 62.0 Å². The highest BCUT2D eigenvalue weighted by atomic mass is 32.2. The van der Waals surface area contributed by atoms with Crippen molar-refractivity contribution in [2.45, 2.75) is 37.4 Å². The Bertz CT molecular complexity index is 1400. The monoisotopic (exact) mass is 567 g/mol. The van der Waals surface area contributed by atoms with Crippen LogP contribution in [0.4, 0.5) is 5.69 Å². The maximum atomic E-state index is 13.7. The quantitative estimate of drug-likeness (QED) is 0.383. The zero-order valence-electron chi connectivity index (χ0n) is 23.3. The van der Waals surface area contributed by atoms with Crippen molar-refractivity contribution in [3.63, 3.8) is 0 Å². The second kappa shape index (κ2) is 12.7. The van der Waals surface area contributed by atoms with Crippen LogP contribution in [0.5, 0.6) is 11.5 Å². The molecule has 0 aliphatic carbocycles. The van der Waals surface area contributed by atoms with Crippen LogP contribution in [-0.2, 0) is 16.6 Å². The third-order valence-corrected chi connectivity index (χ3v) is 8.47. The van der Waals surface area contributed by atoms with E-state index in [4.69, 9.17) is 9.47 Å². The van der Waals surface area contributed by atoms with E-state index in [0.29, 0.717) is 24.6 Å². The lowest BCUT2D eigenvalue weighted by molar-refractivity contribution is 0.0341. The minimum Gasteiger partial charge on any atom is -0.497 e. The number of aliphatic hydroxyl groups excluding tert-OH is 1. The van der Waals surface area contributed by atoms with Gasteiger partial charge in [-0.25, -0.2) is 8.42 Å². The molecule has 1 heterocycles. The first-order valence-electron chi connectivity index (χ1n) is 13.2. The minimum atomic E-state index is -3.92. The summed E-state index contributed by atoms with van der Waals surface area (Å²) in [4.78, 5) is 17.6. The highest BCUT2D eigenvalue weighted by Gasteiger charge is 2.33. The molecule has 3 atom stereocenters. The summed E-state index contributed by atoms with van der Waals surface area (Å²) in [6, 6.07) is 20.5. The average Bonchev–Trinajstić information content (AvgIpc) is 2.95. The summed E-state index contributed by atoms with van der Waals surface area (Å²) in [6.45, 7) is 5.36. The lowest BCUT2D eigenvalue weighted by atomic mass is 9.99. The SMILES string of the molecule is COc1ccc(S(=O)(=O)Nc2ccc3c(c2)C(=O)N([C@@H](C)CO)C[C@@H](C)[C@H](CN(C)Cc2ccccc2)O3)cc1. The topological polar surface area (TPSA) is 108 Å². The van der Waals surface area contributed by atoms with Crippen molar-refractivity contribution in [1.29, 1.82) is 0 Å². The number of nitrogens with zero attached hydrogens (tertiary/aromatic N) is 2. The number of anilines is 1. The molecule has 10 heteroatoms. The number of carbonyl (C=O) groups is 1. The second-order valence-corrected chi connectivity index (χ2v) is 12.0. The summed E-state index contributed by atoms with van der Waals surface area (Å²) < 4.78 is 40.2. The number of sulfonamides is 1. The number of aliphatic hydroxyl groups is 1. The molecule has 4 rings (SSSR count). The number of amides is 1. The van der Waals surface area contributed by atoms with Crippen molar-refractivity contribution >= 4 is 21.6 Å². The second-order valence-electron chi connectivity index (χ2n) is 10.3. The van der Waals surface area contributed by atoms with Crippen molar-refractivity contribution in [3.8, 4) is 11.5 Å². The zero-order valence-corrected chi connectivity index (χ0v) is 24.1. The molecule has 0 saturated heterocycles. The van der Waals surface area contributed by atoms with Gasteiger partial charge in [0.2, 0.25) is 0 Å². The summed E-state index contributed by atoms with van der Waals surface area (Å²) in [5.41, 5.74) is 1.65. The number of fused-ring (bicyclic) bond motifs is 1. The normalized spacial score (nSPS) is 18.4. The molecule has 2 N–H and O–H groups in total. The van der Waals surface area contributed by atoms with E-state index in [2.05, 4.69) is 21.8 Å². The van der Waals surface area contributed by atoms with Gasteiger partial charge in [-0.15, -0.1) is 0 Å². The molecule has 0 spiro atoms. The van der Waals surface area contributed by atoms with Gasteiger partial charge in [0.1, 0.15) is 17.6 Å². The smallest absolute Gasteiger partial charge is 0.261 e. The first-order chi connectivity index (χ1) is 19.1. The Balaban J connectivity index is 1.62. The molecule has 3 aromatic rings. The Morgan fingerprint density at radius 1 is 1.12 bits per heavy atom. The number of benzene rings is 3. The van der Waals surface area contributed by atoms with Gasteiger partial charge in [0, 0.05) is 31.2 Å². The number of likely N-dealkylation sites (N-methyl/N-ethyl adjacent to an activating group) is 1. The molecule has 3 aromatic carbocycles. The van der Waals surface area contributed by atoms with Crippen LogP contribution in [0.1, 0.15) is 29.8 Å². The molecule has 0 bridgehead atoms. The van der Waals surface area contributed by atoms with Crippen LogP contribution in [0.3, 0.4) is 0 Å². The van der Waals surface area contributed by atoms with Gasteiger partial charge < -0.3 is 19.5 Å². The lowest BCUT2D eigenvalue weighted by Gasteiger charge is -2.38. The first kappa shape index (κ1) is 29.4. The summed E-state index contributed by atoms with van der Waals surface area (Å²) in [7, 11) is -0.383. The third kappa shape index (κ3) is 6.93. The minimum absolute atomic E-state index is 0.0300. The molecular formula is C30H37N3O6S. The average molecular weight is 568 g/mol. The van der Waals surface area contributed by atoms with Crippen molar-refractivity contribution < 1.29 is 27.8 Å². The fourth-order valence-electron chi connectivity index (χ4n) is 4.74. The molecule has 1 amide bonds. The van der Waals surface area contributed by atoms with Gasteiger partial charge in [-0.2, -0.15) is 0 Å². The first-order valence-corrected chi connectivity index (χ1v) is 14.7. The van der Waals surface area contributed by atoms with Gasteiger partial charge >= 0.3 is 0 Å². The van der Waals surface area contributed by atoms with Crippen LogP contribution in [0.2, 0.25) is 0 Å². The van der Waals surface area contributed by atoms with Crippen LogP contribution in [-0.4, -0.2) is 75.2 Å². The molecular weight excluding hydrogens is 530 g/mol. The van der Waals surface area contributed by atoms with Gasteiger partial charge in [0.25, 0.3) is 15.9 Å². The number of methoxy groups -OCH3 is 1. The van der Waals surface area contributed by atoms with E-state index < -0.39 is 16.1 Å². The van der Waals surface area contributed by atoms with Crippen LogP contribution < -0.4 is 14.2 Å². The van der Waals surface area contributed by atoms with Crippen molar-refractivity contribution in [2.75, 3.05) is 38.6 Å². The third-order valence-electron chi connectivity index (χ3n) is 7.07. The van der Waals surface area contributed by atoms with Crippen LogP contribution >= 0.6 is 0 Å². The standard InChI is InChI=1S/C30H37N3O6S/c1-21-17-33(22(2)20-34)30(35)27-16-24(31-40(36,37)26-13-11-25(38-4)12-14-26)10-15-28(27)39-29(21)19-32(3)18-23-8-6-5-7-9-23/h5-16,21-22,29,31,34H,17-20H2,1-4H3/t21-,22+,29+/m1/s1. The Hall–Kier alpha value is -3.60. The van der Waals surface area contributed by atoms with E-state index in [1.54, 1.807) is 36.1 Å². The number of carbonyl (C=O) groups excluding carboxylic acids is 1. The summed E-state index contributed by atoms with van der Waals surface area (Å²) in [5, 5.41) is 9.91. The van der Waals surface area contributed by atoms with E-state index in [-0.39, 0.29) is 40.7 Å². The largest absolute Gasteiger partial charge is 0.497 e. The number of hydrogen-bond acceptors (Lipinski definition) is 7. The fourth-order valence-corrected chi connectivity index (χ4v) is 5.79. The number of ether oxygens (including phenoxy) is 2. The van der Waals surface area contributed by atoms with Crippen molar-refractivity contribution in [3.05, 3.63) is 83.9 Å². The molecule has 0 unspecified atom stereocenters. The van der Waals surface area contributed by atoms with Gasteiger partial charge in [-0.1, -0.05) is 37.3 Å². The molecule has 9 nitrogen and oxygen atoms in total. The van der Waals surface area contributed by atoms with Crippen LogP contribution in [0.25, 0.3) is 0 Å². The molecule has 0 saturated carbocycles. The Morgan fingerprint density at radius 2 is 1.82 bits per heavy atom. The van der Waals surface area contributed by atoms with Crippen molar-refractivity contribution in [1.82, 2.24) is 9.80 Å². The van der Waals surface area contributed by atoms with E-state index in [9.17, 15) is 18.3 Å². The molecule has 214 valence electrons. The van der Waals surface area contributed by atoms with Gasteiger partial charge in [-0.3, -0.25) is 14.4 Å². The van der Waals surface area contributed by atoms with E-state index in [0.717, 1.165) is 6.54 Å². The highest BCUT2D eigenvalue weighted by molar-refractivity contribution is 7.92. The van der Waals surface area contributed by atoms with Crippen LogP contribution in [0, 0.1) is 5.92 Å². The summed E-state index contributed by atoms with van der Waals surface area (Å²) in [6.07, 6.45) is -0.254. The van der Waals surface area contributed by atoms with Gasteiger partial charge in [0.05, 0.1) is 30.2 Å². The Labute approximate surface area is 236 Å². The summed E-state index contributed by atoms with van der Waals surface area (Å²) >= 11 is 0. The number of nitrogens with one attached hydrogen (secondary N) is 1. The maximum absolute atomic E-state index is 13.7. The van der Waals surface area contributed by atoms with Gasteiger partial charge in [0.15, 0.2) is 0 Å². The number of hydrogen-bond donors (Lipinski definition) is 2. The predicted octanol–water partition coefficient (Wildman–Crippen LogP) is 3.85. The van der Waals surface area contributed by atoms with Crippen molar-refractivity contribution in [2.24, 2.45) is 5.92 Å². The predicted molar refractivity (Wildman–Crippen MR) is 154 cm³/mol. The molecule has 1 aliphatic heterocycles.